The molecule has 0 fully saturated rings. The molecule has 0 aliphatic heterocycles. The average Bonchev–Trinajstić information content (AvgIpc) is 2.74. The van der Waals surface area contributed by atoms with Crippen molar-refractivity contribution in [2.45, 2.75) is 18.4 Å². The Morgan fingerprint density at radius 2 is 1.66 bits per heavy atom. The van der Waals surface area contributed by atoms with Gasteiger partial charge in [0.15, 0.2) is 0 Å². The Balaban J connectivity index is 1.82. The second-order valence-electron chi connectivity index (χ2n) is 6.31. The molecule has 3 aromatic rings. The number of hydrogen-bond donors (Lipinski definition) is 1. The highest BCUT2D eigenvalue weighted by Crippen LogP contribution is 2.23. The van der Waals surface area contributed by atoms with Crippen LogP contribution in [-0.2, 0) is 16.6 Å². The van der Waals surface area contributed by atoms with Gasteiger partial charge in [-0.2, -0.15) is 0 Å². The molecule has 1 N–H and O–H groups in total. The summed E-state index contributed by atoms with van der Waals surface area (Å²) in [5, 5.41) is 2.62. The summed E-state index contributed by atoms with van der Waals surface area (Å²) in [6, 6.07) is 20.7. The van der Waals surface area contributed by atoms with E-state index in [1.165, 1.54) is 34.6 Å². The normalized spacial score (nSPS) is 11.1. The van der Waals surface area contributed by atoms with E-state index >= 15 is 0 Å². The lowest BCUT2D eigenvalue weighted by molar-refractivity contribution is 0.0950. The fourth-order valence-corrected chi connectivity index (χ4v) is 4.45. The first-order valence-electron chi connectivity index (χ1n) is 9.13. The van der Waals surface area contributed by atoms with E-state index in [1.807, 2.05) is 6.07 Å². The maximum Gasteiger partial charge on any atom is 0.264 e. The number of amides is 1. The third-order valence-corrected chi connectivity index (χ3v) is 6.31. The lowest BCUT2D eigenvalue weighted by Gasteiger charge is -2.23. The van der Waals surface area contributed by atoms with Crippen molar-refractivity contribution in [2.24, 2.45) is 0 Å². The largest absolute Gasteiger partial charge is 0.348 e. The quantitative estimate of drug-likeness (QED) is 0.639. The molecule has 0 saturated carbocycles. The smallest absolute Gasteiger partial charge is 0.264 e. The molecule has 0 bridgehead atoms. The molecule has 0 atom stereocenters. The van der Waals surface area contributed by atoms with Crippen LogP contribution in [0.5, 0.6) is 0 Å². The molecule has 7 heteroatoms. The van der Waals surface area contributed by atoms with Gasteiger partial charge in [0.05, 0.1) is 10.6 Å². The fourth-order valence-electron chi connectivity index (χ4n) is 2.93. The number of carbonyl (C=O) groups excluding carboxylic acids is 1. The van der Waals surface area contributed by atoms with Crippen LogP contribution in [0.1, 0.15) is 22.8 Å². The van der Waals surface area contributed by atoms with Gasteiger partial charge >= 0.3 is 0 Å². The monoisotopic (exact) mass is 412 g/mol. The Bertz CT molecular complexity index is 1100. The van der Waals surface area contributed by atoms with Crippen molar-refractivity contribution in [3.8, 4) is 0 Å². The van der Waals surface area contributed by atoms with Crippen LogP contribution in [0.4, 0.5) is 10.1 Å². The van der Waals surface area contributed by atoms with E-state index in [0.29, 0.717) is 11.3 Å². The van der Waals surface area contributed by atoms with E-state index in [1.54, 1.807) is 49.4 Å². The SMILES string of the molecule is CCN(c1ccccc1)S(=O)(=O)c1cccc(C(=O)NCc2ccccc2F)c1. The van der Waals surface area contributed by atoms with Crippen LogP contribution < -0.4 is 9.62 Å². The van der Waals surface area contributed by atoms with Crippen molar-refractivity contribution in [3.63, 3.8) is 0 Å². The van der Waals surface area contributed by atoms with Gasteiger partial charge in [0.1, 0.15) is 5.82 Å². The molecule has 3 aromatic carbocycles. The maximum atomic E-state index is 13.7. The number of rotatable bonds is 7. The number of hydrogen-bond acceptors (Lipinski definition) is 3. The zero-order valence-electron chi connectivity index (χ0n) is 15.9. The van der Waals surface area contributed by atoms with Crippen molar-refractivity contribution in [2.75, 3.05) is 10.8 Å². The summed E-state index contributed by atoms with van der Waals surface area (Å²) in [6.07, 6.45) is 0. The molecule has 0 saturated heterocycles. The van der Waals surface area contributed by atoms with Crippen LogP contribution in [0.3, 0.4) is 0 Å². The van der Waals surface area contributed by atoms with E-state index in [4.69, 9.17) is 0 Å². The zero-order valence-corrected chi connectivity index (χ0v) is 16.7. The second-order valence-corrected chi connectivity index (χ2v) is 8.17. The molecular weight excluding hydrogens is 391 g/mol. The van der Waals surface area contributed by atoms with Crippen LogP contribution in [-0.4, -0.2) is 20.9 Å². The molecule has 0 aliphatic carbocycles. The van der Waals surface area contributed by atoms with Gasteiger partial charge in [-0.3, -0.25) is 9.10 Å². The highest BCUT2D eigenvalue weighted by molar-refractivity contribution is 7.92. The van der Waals surface area contributed by atoms with Gasteiger partial charge in [0.2, 0.25) is 0 Å². The van der Waals surface area contributed by atoms with E-state index < -0.39 is 21.7 Å². The molecule has 1 amide bonds. The highest BCUT2D eigenvalue weighted by atomic mass is 32.2. The summed E-state index contributed by atoms with van der Waals surface area (Å²) in [7, 11) is -3.84. The van der Waals surface area contributed by atoms with Gasteiger partial charge in [-0.15, -0.1) is 0 Å². The maximum absolute atomic E-state index is 13.7. The van der Waals surface area contributed by atoms with Crippen molar-refractivity contribution >= 4 is 21.6 Å². The van der Waals surface area contributed by atoms with Crippen LogP contribution >= 0.6 is 0 Å². The predicted octanol–water partition coefficient (Wildman–Crippen LogP) is 3.97. The Hall–Kier alpha value is -3.19. The zero-order chi connectivity index (χ0) is 20.9. The molecule has 0 unspecified atom stereocenters. The third kappa shape index (κ3) is 4.63. The first-order valence-corrected chi connectivity index (χ1v) is 10.6. The molecule has 150 valence electrons. The Morgan fingerprint density at radius 3 is 2.34 bits per heavy atom. The summed E-state index contributed by atoms with van der Waals surface area (Å²) < 4.78 is 41.2. The molecule has 0 aliphatic rings. The first kappa shape index (κ1) is 20.5. The minimum Gasteiger partial charge on any atom is -0.348 e. The topological polar surface area (TPSA) is 66.5 Å². The number of halogens is 1. The summed E-state index contributed by atoms with van der Waals surface area (Å²) in [5.74, 6) is -0.890. The van der Waals surface area contributed by atoms with Crippen LogP contribution in [0.25, 0.3) is 0 Å². The van der Waals surface area contributed by atoms with Gasteiger partial charge in [-0.25, -0.2) is 12.8 Å². The molecule has 0 spiro atoms. The lowest BCUT2D eigenvalue weighted by Crippen LogP contribution is -2.31. The Labute approximate surface area is 169 Å². The standard InChI is InChI=1S/C22H21FN2O3S/c1-2-25(19-11-4-3-5-12-19)29(27,28)20-13-8-10-17(15-20)22(26)24-16-18-9-6-7-14-21(18)23/h3-15H,2,16H2,1H3,(H,24,26). The van der Waals surface area contributed by atoms with Gasteiger partial charge < -0.3 is 5.32 Å². The van der Waals surface area contributed by atoms with Crippen LogP contribution in [0.15, 0.2) is 83.8 Å². The number of anilines is 1. The van der Waals surface area contributed by atoms with E-state index in [9.17, 15) is 17.6 Å². The van der Waals surface area contributed by atoms with Gasteiger partial charge in [-0.05, 0) is 43.3 Å². The van der Waals surface area contributed by atoms with E-state index in [-0.39, 0.29) is 23.5 Å². The minimum atomic E-state index is -3.84. The van der Waals surface area contributed by atoms with E-state index in [2.05, 4.69) is 5.32 Å². The van der Waals surface area contributed by atoms with Gasteiger partial charge in [0.25, 0.3) is 15.9 Å². The highest BCUT2D eigenvalue weighted by Gasteiger charge is 2.24. The number of nitrogens with zero attached hydrogens (tertiary/aromatic N) is 1. The molecule has 29 heavy (non-hydrogen) atoms. The number of benzene rings is 3. The second kappa shape index (κ2) is 8.87. The fraction of sp³-hybridized carbons (Fsp3) is 0.136. The van der Waals surface area contributed by atoms with Gasteiger partial charge in [0, 0.05) is 24.2 Å². The minimum absolute atomic E-state index is 0.00752. The average molecular weight is 412 g/mol. The number of para-hydroxylation sites is 1. The molecule has 3 rings (SSSR count). The van der Waals surface area contributed by atoms with Crippen molar-refractivity contribution in [1.82, 2.24) is 5.32 Å². The molecule has 0 radical (unpaired) electrons. The number of nitrogens with one attached hydrogen (secondary N) is 1. The summed E-state index contributed by atoms with van der Waals surface area (Å²) in [4.78, 5) is 12.5. The number of carbonyl (C=O) groups is 1. The summed E-state index contributed by atoms with van der Waals surface area (Å²) in [6.45, 7) is 2.00. The lowest BCUT2D eigenvalue weighted by atomic mass is 10.2. The molecule has 0 heterocycles. The van der Waals surface area contributed by atoms with Crippen molar-refractivity contribution < 1.29 is 17.6 Å². The van der Waals surface area contributed by atoms with Crippen LogP contribution in [0.2, 0.25) is 0 Å². The van der Waals surface area contributed by atoms with Crippen LogP contribution in [0, 0.1) is 5.82 Å². The first-order chi connectivity index (χ1) is 13.9. The third-order valence-electron chi connectivity index (χ3n) is 4.41. The van der Waals surface area contributed by atoms with Crippen molar-refractivity contribution in [1.29, 1.82) is 0 Å². The number of sulfonamides is 1. The van der Waals surface area contributed by atoms with Crippen molar-refractivity contribution in [3.05, 3.63) is 95.8 Å². The Morgan fingerprint density at radius 1 is 0.966 bits per heavy atom. The predicted molar refractivity (Wildman–Crippen MR) is 111 cm³/mol. The summed E-state index contributed by atoms with van der Waals surface area (Å²) >= 11 is 0. The van der Waals surface area contributed by atoms with E-state index in [0.717, 1.165) is 0 Å². The Kier molecular flexibility index (Phi) is 6.29. The molecule has 0 aromatic heterocycles. The summed E-state index contributed by atoms with van der Waals surface area (Å²) in [5.41, 5.74) is 1.08. The molecular formula is C22H21FN2O3S. The molecule has 5 nitrogen and oxygen atoms in total. The van der Waals surface area contributed by atoms with Gasteiger partial charge in [-0.1, -0.05) is 42.5 Å².